The smallest absolute Gasteiger partial charge is 0.250 e. The lowest BCUT2D eigenvalue weighted by atomic mass is 9.91. The molecular formula is C16H25N3O3S2. The van der Waals surface area contributed by atoms with Crippen molar-refractivity contribution in [2.24, 2.45) is 5.92 Å². The van der Waals surface area contributed by atoms with Crippen LogP contribution in [0.25, 0.3) is 0 Å². The Kier molecular flexibility index (Phi) is 5.59. The molecule has 1 aromatic rings. The van der Waals surface area contributed by atoms with E-state index >= 15 is 0 Å². The van der Waals surface area contributed by atoms with Crippen molar-refractivity contribution in [2.45, 2.75) is 48.9 Å². The summed E-state index contributed by atoms with van der Waals surface area (Å²) in [7, 11) is -3.43. The minimum absolute atomic E-state index is 0.0897. The number of thiophene rings is 1. The molecule has 3 rings (SSSR count). The van der Waals surface area contributed by atoms with Crippen LogP contribution in [-0.2, 0) is 14.8 Å². The highest BCUT2D eigenvalue weighted by molar-refractivity contribution is 7.91. The van der Waals surface area contributed by atoms with E-state index in [0.29, 0.717) is 36.2 Å². The molecule has 6 nitrogen and oxygen atoms in total. The van der Waals surface area contributed by atoms with Gasteiger partial charge in [-0.15, -0.1) is 11.3 Å². The number of hydrogen-bond acceptors (Lipinski definition) is 5. The van der Waals surface area contributed by atoms with Crippen LogP contribution in [0.5, 0.6) is 0 Å². The van der Waals surface area contributed by atoms with Gasteiger partial charge in [0.1, 0.15) is 4.21 Å². The maximum absolute atomic E-state index is 12.6. The predicted molar refractivity (Wildman–Crippen MR) is 94.4 cm³/mol. The number of carbonyl (C=O) groups is 1. The zero-order valence-corrected chi connectivity index (χ0v) is 15.5. The molecule has 2 saturated heterocycles. The van der Waals surface area contributed by atoms with Crippen molar-refractivity contribution in [3.63, 3.8) is 0 Å². The van der Waals surface area contributed by atoms with Crippen molar-refractivity contribution in [3.8, 4) is 0 Å². The summed E-state index contributed by atoms with van der Waals surface area (Å²) in [4.78, 5) is 14.6. The standard InChI is InChI=1S/C16H25N3O3S2/c1-12-11-13(4-7-17-12)16(20)19-8-5-14(6-9-19)18-24(21,22)15-3-2-10-23-15/h2-3,10,12-14,17-18H,4-9,11H2,1H3/t12-,13-/m0/s1. The summed E-state index contributed by atoms with van der Waals surface area (Å²) in [5.74, 6) is 0.350. The van der Waals surface area contributed by atoms with E-state index in [1.807, 2.05) is 4.90 Å². The summed E-state index contributed by atoms with van der Waals surface area (Å²) >= 11 is 1.22. The first-order valence-corrected chi connectivity index (χ1v) is 10.9. The van der Waals surface area contributed by atoms with Crippen LogP contribution in [0.3, 0.4) is 0 Å². The van der Waals surface area contributed by atoms with Crippen LogP contribution in [0, 0.1) is 5.92 Å². The van der Waals surface area contributed by atoms with Crippen LogP contribution in [0.15, 0.2) is 21.7 Å². The summed E-state index contributed by atoms with van der Waals surface area (Å²) in [6.07, 6.45) is 3.14. The molecule has 0 aromatic carbocycles. The van der Waals surface area contributed by atoms with Crippen molar-refractivity contribution < 1.29 is 13.2 Å². The molecular weight excluding hydrogens is 346 g/mol. The van der Waals surface area contributed by atoms with Gasteiger partial charge in [0.25, 0.3) is 0 Å². The molecule has 1 aromatic heterocycles. The third-order valence-electron chi connectivity index (χ3n) is 4.86. The average molecular weight is 372 g/mol. The van der Waals surface area contributed by atoms with Gasteiger partial charge in [-0.25, -0.2) is 13.1 Å². The van der Waals surface area contributed by atoms with E-state index in [1.165, 1.54) is 11.3 Å². The highest BCUT2D eigenvalue weighted by atomic mass is 32.2. The van der Waals surface area contributed by atoms with Crippen LogP contribution in [0.2, 0.25) is 0 Å². The number of amides is 1. The maximum Gasteiger partial charge on any atom is 0.250 e. The number of piperidine rings is 2. The lowest BCUT2D eigenvalue weighted by molar-refractivity contribution is -0.137. The molecule has 0 radical (unpaired) electrons. The van der Waals surface area contributed by atoms with Gasteiger partial charge in [0.05, 0.1) is 0 Å². The second kappa shape index (κ2) is 7.51. The normalized spacial score (nSPS) is 26.5. The van der Waals surface area contributed by atoms with Gasteiger partial charge < -0.3 is 10.2 Å². The molecule has 2 fully saturated rings. The number of carbonyl (C=O) groups excluding carboxylic acids is 1. The van der Waals surface area contributed by atoms with E-state index in [4.69, 9.17) is 0 Å². The fourth-order valence-electron chi connectivity index (χ4n) is 3.53. The second-order valence-corrected chi connectivity index (χ2v) is 9.62. The maximum atomic E-state index is 12.6. The number of sulfonamides is 1. The fourth-order valence-corrected chi connectivity index (χ4v) is 5.84. The van der Waals surface area contributed by atoms with E-state index < -0.39 is 10.0 Å². The van der Waals surface area contributed by atoms with E-state index in [0.717, 1.165) is 19.4 Å². The first kappa shape index (κ1) is 17.8. The molecule has 2 aliphatic rings. The Morgan fingerprint density at radius 2 is 2.08 bits per heavy atom. The summed E-state index contributed by atoms with van der Waals surface area (Å²) in [5.41, 5.74) is 0. The van der Waals surface area contributed by atoms with Gasteiger partial charge >= 0.3 is 0 Å². The number of hydrogen-bond donors (Lipinski definition) is 2. The van der Waals surface area contributed by atoms with Crippen molar-refractivity contribution >= 4 is 27.3 Å². The number of nitrogens with one attached hydrogen (secondary N) is 2. The lowest BCUT2D eigenvalue weighted by Gasteiger charge is -2.36. The minimum Gasteiger partial charge on any atom is -0.342 e. The topological polar surface area (TPSA) is 78.5 Å². The summed E-state index contributed by atoms with van der Waals surface area (Å²) in [6, 6.07) is 3.65. The molecule has 0 saturated carbocycles. The predicted octanol–water partition coefficient (Wildman–Crippen LogP) is 1.41. The molecule has 1 amide bonds. The van der Waals surface area contributed by atoms with E-state index in [-0.39, 0.29) is 17.9 Å². The van der Waals surface area contributed by atoms with Crippen molar-refractivity contribution in [1.82, 2.24) is 14.9 Å². The molecule has 0 bridgehead atoms. The Bertz CT molecular complexity index is 652. The zero-order valence-electron chi connectivity index (χ0n) is 13.9. The molecule has 0 aliphatic carbocycles. The summed E-state index contributed by atoms with van der Waals surface area (Å²) < 4.78 is 27.7. The van der Waals surface area contributed by atoms with Crippen LogP contribution in [0.1, 0.15) is 32.6 Å². The molecule has 24 heavy (non-hydrogen) atoms. The highest BCUT2D eigenvalue weighted by Gasteiger charge is 2.32. The van der Waals surface area contributed by atoms with Gasteiger partial charge in [0, 0.05) is 31.1 Å². The summed E-state index contributed by atoms with van der Waals surface area (Å²) in [5, 5.41) is 5.13. The van der Waals surface area contributed by atoms with Crippen LogP contribution in [0.4, 0.5) is 0 Å². The van der Waals surface area contributed by atoms with E-state index in [9.17, 15) is 13.2 Å². The minimum atomic E-state index is -3.43. The number of nitrogens with zero attached hydrogens (tertiary/aromatic N) is 1. The number of likely N-dealkylation sites (tertiary alicyclic amines) is 1. The average Bonchev–Trinajstić information content (AvgIpc) is 3.10. The second-order valence-electron chi connectivity index (χ2n) is 6.73. The Morgan fingerprint density at radius 1 is 1.33 bits per heavy atom. The largest absolute Gasteiger partial charge is 0.342 e. The quantitative estimate of drug-likeness (QED) is 0.839. The van der Waals surface area contributed by atoms with Gasteiger partial charge in [0.2, 0.25) is 15.9 Å². The monoisotopic (exact) mass is 371 g/mol. The fraction of sp³-hybridized carbons (Fsp3) is 0.688. The van der Waals surface area contributed by atoms with E-state index in [1.54, 1.807) is 17.5 Å². The zero-order chi connectivity index (χ0) is 17.2. The lowest BCUT2D eigenvalue weighted by Crippen LogP contribution is -2.50. The summed E-state index contributed by atoms with van der Waals surface area (Å²) in [6.45, 7) is 4.28. The SMILES string of the molecule is C[C@H]1C[C@@H](C(=O)N2CCC(NS(=O)(=O)c3cccs3)CC2)CCN1. The van der Waals surface area contributed by atoms with Gasteiger partial charge in [-0.1, -0.05) is 6.07 Å². The molecule has 3 heterocycles. The van der Waals surface area contributed by atoms with Gasteiger partial charge in [-0.2, -0.15) is 0 Å². The Labute approximate surface area is 147 Å². The first-order chi connectivity index (χ1) is 11.5. The van der Waals surface area contributed by atoms with Crippen molar-refractivity contribution in [1.29, 1.82) is 0 Å². The molecule has 2 N–H and O–H groups in total. The molecule has 2 atom stereocenters. The van der Waals surface area contributed by atoms with Crippen LogP contribution < -0.4 is 10.0 Å². The Hall–Kier alpha value is -0.960. The Balaban J connectivity index is 1.51. The molecule has 0 spiro atoms. The molecule has 2 aliphatic heterocycles. The molecule has 134 valence electrons. The van der Waals surface area contributed by atoms with Crippen molar-refractivity contribution in [3.05, 3.63) is 17.5 Å². The third-order valence-corrected chi connectivity index (χ3v) is 7.78. The van der Waals surface area contributed by atoms with Crippen LogP contribution >= 0.6 is 11.3 Å². The van der Waals surface area contributed by atoms with E-state index in [2.05, 4.69) is 17.0 Å². The Morgan fingerprint density at radius 3 is 2.71 bits per heavy atom. The van der Waals surface area contributed by atoms with Crippen LogP contribution in [-0.4, -0.2) is 50.9 Å². The number of rotatable bonds is 4. The van der Waals surface area contributed by atoms with Gasteiger partial charge in [-0.05, 0) is 50.6 Å². The molecule has 0 unspecified atom stereocenters. The van der Waals surface area contributed by atoms with Gasteiger partial charge in [0.15, 0.2) is 0 Å². The van der Waals surface area contributed by atoms with Gasteiger partial charge in [-0.3, -0.25) is 4.79 Å². The highest BCUT2D eigenvalue weighted by Crippen LogP contribution is 2.23. The van der Waals surface area contributed by atoms with Crippen molar-refractivity contribution in [2.75, 3.05) is 19.6 Å². The third kappa shape index (κ3) is 4.17. The first-order valence-electron chi connectivity index (χ1n) is 8.54. The molecule has 8 heteroatoms.